The van der Waals surface area contributed by atoms with Gasteiger partial charge in [0.25, 0.3) is 0 Å². The fourth-order valence-electron chi connectivity index (χ4n) is 4.92. The minimum absolute atomic E-state index is 0.0640. The Labute approximate surface area is 246 Å². The third kappa shape index (κ3) is 7.06. The van der Waals surface area contributed by atoms with Crippen LogP contribution in [0.25, 0.3) is 0 Å². The van der Waals surface area contributed by atoms with Crippen LogP contribution in [-0.4, -0.2) is 48.9 Å². The number of hydrogen-bond acceptors (Lipinski definition) is 8. The van der Waals surface area contributed by atoms with Gasteiger partial charge in [0.05, 0.1) is 6.61 Å². The summed E-state index contributed by atoms with van der Waals surface area (Å²) >= 11 is 0. The van der Waals surface area contributed by atoms with Crippen LogP contribution in [0.3, 0.4) is 0 Å². The molecule has 4 atom stereocenters. The summed E-state index contributed by atoms with van der Waals surface area (Å²) in [5, 5.41) is 0. The second-order valence-corrected chi connectivity index (χ2v) is 9.82. The third-order valence-corrected chi connectivity index (χ3v) is 7.08. The van der Waals surface area contributed by atoms with E-state index in [0.29, 0.717) is 0 Å². The van der Waals surface area contributed by atoms with E-state index in [1.807, 2.05) is 91.0 Å². The van der Waals surface area contributed by atoms with Gasteiger partial charge >= 0.3 is 17.9 Å². The van der Waals surface area contributed by atoms with Gasteiger partial charge in [-0.05, 0) is 16.7 Å². The van der Waals surface area contributed by atoms with Gasteiger partial charge in [0.15, 0.2) is 18.3 Å². The van der Waals surface area contributed by atoms with Crippen LogP contribution < -0.4 is 0 Å². The summed E-state index contributed by atoms with van der Waals surface area (Å²) in [6.45, 7) is 6.23. The molecule has 3 aromatic carbocycles. The van der Waals surface area contributed by atoms with Crippen molar-refractivity contribution in [3.8, 4) is 0 Å². The molecular weight excluding hydrogens is 536 g/mol. The van der Waals surface area contributed by atoms with Gasteiger partial charge in [0.1, 0.15) is 18.3 Å². The zero-order valence-corrected chi connectivity index (χ0v) is 24.1. The second kappa shape index (κ2) is 14.8. The van der Waals surface area contributed by atoms with Crippen molar-refractivity contribution in [2.75, 3.05) is 6.61 Å². The largest absolute Gasteiger partial charge is 0.455 e. The molecular formula is C34H37O8. The van der Waals surface area contributed by atoms with Crippen LogP contribution >= 0.6 is 0 Å². The van der Waals surface area contributed by atoms with Crippen LogP contribution in [0.2, 0.25) is 0 Å². The highest BCUT2D eigenvalue weighted by Crippen LogP contribution is 2.41. The fourth-order valence-corrected chi connectivity index (χ4v) is 4.92. The highest BCUT2D eigenvalue weighted by atomic mass is 16.6. The average Bonchev–Trinajstić information content (AvgIpc) is 3.04. The molecule has 0 saturated carbocycles. The Kier molecular flexibility index (Phi) is 10.9. The van der Waals surface area contributed by atoms with Gasteiger partial charge in [-0.3, -0.25) is 14.4 Å². The smallest absolute Gasteiger partial charge is 0.306 e. The Hall–Kier alpha value is -4.01. The van der Waals surface area contributed by atoms with Crippen LogP contribution in [-0.2, 0) is 43.7 Å². The van der Waals surface area contributed by atoms with Crippen molar-refractivity contribution >= 4 is 17.9 Å². The second-order valence-electron chi connectivity index (χ2n) is 9.82. The van der Waals surface area contributed by atoms with Gasteiger partial charge < -0.3 is 23.7 Å². The number of ether oxygens (including phenoxy) is 5. The molecule has 0 spiro atoms. The van der Waals surface area contributed by atoms with Crippen LogP contribution in [0, 0.1) is 6.61 Å². The summed E-state index contributed by atoms with van der Waals surface area (Å²) in [4.78, 5) is 37.3. The van der Waals surface area contributed by atoms with Gasteiger partial charge in [0.2, 0.25) is 0 Å². The van der Waals surface area contributed by atoms with Crippen LogP contribution in [0.15, 0.2) is 91.0 Å². The maximum absolute atomic E-state index is 12.6. The third-order valence-electron chi connectivity index (χ3n) is 7.08. The number of rotatable bonds is 12. The number of carbonyl (C=O) groups excluding carboxylic acids is 3. The molecule has 8 nitrogen and oxygen atoms in total. The molecule has 221 valence electrons. The molecule has 1 aliphatic heterocycles. The van der Waals surface area contributed by atoms with E-state index in [4.69, 9.17) is 23.7 Å². The molecule has 0 bridgehead atoms. The molecule has 0 N–H and O–H groups in total. The average molecular weight is 574 g/mol. The highest BCUT2D eigenvalue weighted by molar-refractivity contribution is 5.71. The van der Waals surface area contributed by atoms with Crippen molar-refractivity contribution in [2.24, 2.45) is 0 Å². The van der Waals surface area contributed by atoms with Crippen LogP contribution in [0.5, 0.6) is 0 Å². The Bertz CT molecular complexity index is 1200. The molecule has 0 unspecified atom stereocenters. The van der Waals surface area contributed by atoms with E-state index >= 15 is 0 Å². The topological polar surface area (TPSA) is 97.4 Å². The molecule has 42 heavy (non-hydrogen) atoms. The molecule has 1 heterocycles. The number of benzene rings is 3. The lowest BCUT2D eigenvalue weighted by Gasteiger charge is -2.42. The minimum atomic E-state index is -1.12. The minimum Gasteiger partial charge on any atom is -0.455 e. The van der Waals surface area contributed by atoms with E-state index in [2.05, 4.69) is 0 Å². The van der Waals surface area contributed by atoms with E-state index in [0.717, 1.165) is 16.7 Å². The van der Waals surface area contributed by atoms with Gasteiger partial charge in [-0.15, -0.1) is 0 Å². The molecule has 1 aliphatic rings. The molecule has 1 fully saturated rings. The predicted molar refractivity (Wildman–Crippen MR) is 155 cm³/mol. The Morgan fingerprint density at radius 3 is 1.45 bits per heavy atom. The predicted octanol–water partition coefficient (Wildman–Crippen LogP) is 5.52. The van der Waals surface area contributed by atoms with E-state index in [1.165, 1.54) is 6.61 Å². The SMILES string of the molecule is CCC(=O)O[C@@H]1[C@@H](OC(=O)CC)[C@@H](COC(c2ccccc2)(c2ccccc2)c2ccccc2)O[CH][C@H]1OC(=O)CC. The summed E-state index contributed by atoms with van der Waals surface area (Å²) in [6, 6.07) is 29.5. The van der Waals surface area contributed by atoms with Gasteiger partial charge in [-0.2, -0.15) is 0 Å². The molecule has 8 heteroatoms. The van der Waals surface area contributed by atoms with Crippen molar-refractivity contribution in [2.45, 2.75) is 70.1 Å². The van der Waals surface area contributed by atoms with Crippen molar-refractivity contribution in [1.82, 2.24) is 0 Å². The zero-order chi connectivity index (χ0) is 30.0. The van der Waals surface area contributed by atoms with E-state index in [1.54, 1.807) is 20.8 Å². The normalized spacial score (nSPS) is 20.4. The van der Waals surface area contributed by atoms with E-state index < -0.39 is 47.9 Å². The Morgan fingerprint density at radius 2 is 1.02 bits per heavy atom. The number of carbonyl (C=O) groups is 3. The Balaban J connectivity index is 1.76. The fraction of sp³-hybridized carbons (Fsp3) is 0.353. The lowest BCUT2D eigenvalue weighted by Crippen LogP contribution is -2.57. The van der Waals surface area contributed by atoms with Crippen molar-refractivity contribution in [1.29, 1.82) is 0 Å². The maximum Gasteiger partial charge on any atom is 0.306 e. The molecule has 4 rings (SSSR count). The molecule has 1 radical (unpaired) electrons. The highest BCUT2D eigenvalue weighted by Gasteiger charge is 2.49. The first-order valence-electron chi connectivity index (χ1n) is 14.3. The van der Waals surface area contributed by atoms with E-state index in [-0.39, 0.29) is 25.9 Å². The first-order valence-corrected chi connectivity index (χ1v) is 14.3. The van der Waals surface area contributed by atoms with Gasteiger partial charge in [-0.1, -0.05) is 112 Å². The monoisotopic (exact) mass is 573 g/mol. The van der Waals surface area contributed by atoms with Gasteiger partial charge in [-0.25, -0.2) is 0 Å². The quantitative estimate of drug-likeness (QED) is 0.159. The first kappa shape index (κ1) is 30.9. The maximum atomic E-state index is 12.6. The van der Waals surface area contributed by atoms with Crippen molar-refractivity contribution in [3.05, 3.63) is 114 Å². The lowest BCUT2D eigenvalue weighted by atomic mass is 9.80. The molecule has 3 aromatic rings. The first-order chi connectivity index (χ1) is 20.4. The summed E-state index contributed by atoms with van der Waals surface area (Å²) in [7, 11) is 0. The lowest BCUT2D eigenvalue weighted by molar-refractivity contribution is -0.223. The van der Waals surface area contributed by atoms with Gasteiger partial charge in [0, 0.05) is 19.3 Å². The van der Waals surface area contributed by atoms with E-state index in [9.17, 15) is 14.4 Å². The summed E-state index contributed by atoms with van der Waals surface area (Å²) in [5.74, 6) is -1.56. The molecule has 0 amide bonds. The zero-order valence-electron chi connectivity index (χ0n) is 24.1. The summed E-state index contributed by atoms with van der Waals surface area (Å²) in [5.41, 5.74) is 1.59. The van der Waals surface area contributed by atoms with Crippen LogP contribution in [0.4, 0.5) is 0 Å². The molecule has 0 aromatic heterocycles. The van der Waals surface area contributed by atoms with Crippen molar-refractivity contribution in [3.63, 3.8) is 0 Å². The molecule has 1 saturated heterocycles. The summed E-state index contributed by atoms with van der Waals surface area (Å²) in [6.07, 6.45) is -3.90. The summed E-state index contributed by atoms with van der Waals surface area (Å²) < 4.78 is 30.0. The number of hydrogen-bond donors (Lipinski definition) is 0. The van der Waals surface area contributed by atoms with Crippen molar-refractivity contribution < 1.29 is 38.1 Å². The Morgan fingerprint density at radius 1 is 0.619 bits per heavy atom. The number of esters is 3. The van der Waals surface area contributed by atoms with Crippen LogP contribution in [0.1, 0.15) is 56.7 Å². The molecule has 0 aliphatic carbocycles. The standard InChI is InChI=1S/C34H37O8/c1-4-29(35)40-28-22-38-27(32(41-30(36)5-2)33(28)42-31(37)6-3)23-39-34(24-16-10-7-11-17-24,25-18-12-8-13-19-25)26-20-14-9-15-21-26/h7-22,27-28,32-33H,4-6,23H2,1-3H3/t27-,28-,32+,33+/m1/s1.